The topological polar surface area (TPSA) is 38.7 Å². The lowest BCUT2D eigenvalue weighted by Crippen LogP contribution is -1.87. The van der Waals surface area contributed by atoms with Crippen molar-refractivity contribution in [3.63, 3.8) is 0 Å². The van der Waals surface area contributed by atoms with Crippen molar-refractivity contribution in [2.75, 3.05) is 0 Å². The molecule has 3 nitrogen and oxygen atoms in total. The van der Waals surface area contributed by atoms with Crippen LogP contribution in [0, 0.1) is 0 Å². The van der Waals surface area contributed by atoms with Crippen molar-refractivity contribution in [1.82, 2.24) is 15.2 Å². The van der Waals surface area contributed by atoms with Gasteiger partial charge in [-0.25, -0.2) is 4.98 Å². The summed E-state index contributed by atoms with van der Waals surface area (Å²) in [5.41, 5.74) is 0. The fourth-order valence-corrected chi connectivity index (χ4v) is 0.845. The van der Waals surface area contributed by atoms with Crippen LogP contribution in [0.25, 0.3) is 6.08 Å². The maximum atomic E-state index is 4.02. The van der Waals surface area contributed by atoms with Gasteiger partial charge in [0, 0.05) is 6.20 Å². The van der Waals surface area contributed by atoms with Crippen LogP contribution in [0.2, 0.25) is 0 Å². The summed E-state index contributed by atoms with van der Waals surface area (Å²) < 4.78 is 0. The first-order valence-corrected chi connectivity index (χ1v) is 4.23. The number of rotatable bonds is 4. The van der Waals surface area contributed by atoms with E-state index in [0.29, 0.717) is 5.82 Å². The van der Waals surface area contributed by atoms with Crippen LogP contribution in [0.3, 0.4) is 0 Å². The highest BCUT2D eigenvalue weighted by atomic mass is 15.1. The van der Waals surface area contributed by atoms with E-state index < -0.39 is 0 Å². The summed E-state index contributed by atoms with van der Waals surface area (Å²) in [5, 5.41) is 7.55. The predicted molar refractivity (Wildman–Crippen MR) is 48.4 cm³/mol. The standard InChI is InChI=1S/C9H13N3/c1-2-3-4-5-6-9-10-7-8-11-12-9/h5-8H,2-4H2,1H3/b6-5+. The Balaban J connectivity index is 2.36. The van der Waals surface area contributed by atoms with Crippen LogP contribution in [0.1, 0.15) is 32.0 Å². The maximum Gasteiger partial charge on any atom is 0.174 e. The minimum atomic E-state index is 0.689. The molecule has 0 unspecified atom stereocenters. The molecule has 0 aliphatic rings. The summed E-state index contributed by atoms with van der Waals surface area (Å²) >= 11 is 0. The van der Waals surface area contributed by atoms with Gasteiger partial charge in [-0.05, 0) is 12.5 Å². The third-order valence-corrected chi connectivity index (χ3v) is 1.49. The van der Waals surface area contributed by atoms with Gasteiger partial charge >= 0.3 is 0 Å². The molecule has 0 N–H and O–H groups in total. The fraction of sp³-hybridized carbons (Fsp3) is 0.444. The second kappa shape index (κ2) is 5.41. The molecule has 3 heteroatoms. The quantitative estimate of drug-likeness (QED) is 0.638. The van der Waals surface area contributed by atoms with E-state index in [9.17, 15) is 0 Å². The Morgan fingerprint density at radius 3 is 3.00 bits per heavy atom. The second-order valence-electron chi connectivity index (χ2n) is 2.55. The molecule has 1 rings (SSSR count). The Morgan fingerprint density at radius 2 is 2.33 bits per heavy atom. The Hall–Kier alpha value is -1.25. The molecule has 0 saturated carbocycles. The Bertz CT molecular complexity index is 231. The van der Waals surface area contributed by atoms with E-state index >= 15 is 0 Å². The number of hydrogen-bond acceptors (Lipinski definition) is 3. The van der Waals surface area contributed by atoms with Crippen LogP contribution in [-0.4, -0.2) is 15.2 Å². The van der Waals surface area contributed by atoms with Crippen molar-refractivity contribution in [1.29, 1.82) is 0 Å². The molecule has 0 bridgehead atoms. The Morgan fingerprint density at radius 1 is 1.42 bits per heavy atom. The minimum Gasteiger partial charge on any atom is -0.234 e. The summed E-state index contributed by atoms with van der Waals surface area (Å²) in [5.74, 6) is 0.689. The average Bonchev–Trinajstić information content (AvgIpc) is 2.14. The summed E-state index contributed by atoms with van der Waals surface area (Å²) in [6.45, 7) is 2.18. The van der Waals surface area contributed by atoms with E-state index in [2.05, 4.69) is 28.2 Å². The molecule has 1 aromatic heterocycles. The van der Waals surface area contributed by atoms with Crippen LogP contribution >= 0.6 is 0 Å². The summed E-state index contributed by atoms with van der Waals surface area (Å²) in [6.07, 6.45) is 10.7. The first-order chi connectivity index (χ1) is 5.93. The van der Waals surface area contributed by atoms with E-state index in [1.54, 1.807) is 12.4 Å². The van der Waals surface area contributed by atoms with Crippen molar-refractivity contribution >= 4 is 6.08 Å². The molecule has 0 spiro atoms. The van der Waals surface area contributed by atoms with Crippen LogP contribution in [0.4, 0.5) is 0 Å². The molecule has 0 radical (unpaired) electrons. The SMILES string of the molecule is CCCC/C=C/c1nccnn1. The summed E-state index contributed by atoms with van der Waals surface area (Å²) in [7, 11) is 0. The van der Waals surface area contributed by atoms with Crippen molar-refractivity contribution in [3.05, 3.63) is 24.3 Å². The highest BCUT2D eigenvalue weighted by Crippen LogP contribution is 1.97. The molecule has 64 valence electrons. The molecular formula is C9H13N3. The van der Waals surface area contributed by atoms with Crippen LogP contribution < -0.4 is 0 Å². The van der Waals surface area contributed by atoms with Crippen molar-refractivity contribution in [2.45, 2.75) is 26.2 Å². The van der Waals surface area contributed by atoms with E-state index in [1.165, 1.54) is 12.8 Å². The van der Waals surface area contributed by atoms with Gasteiger partial charge in [0.15, 0.2) is 5.82 Å². The van der Waals surface area contributed by atoms with Crippen molar-refractivity contribution in [2.24, 2.45) is 0 Å². The number of unbranched alkanes of at least 4 members (excludes halogenated alkanes) is 2. The third-order valence-electron chi connectivity index (χ3n) is 1.49. The summed E-state index contributed by atoms with van der Waals surface area (Å²) in [4.78, 5) is 4.02. The van der Waals surface area contributed by atoms with Gasteiger partial charge < -0.3 is 0 Å². The fourth-order valence-electron chi connectivity index (χ4n) is 0.845. The van der Waals surface area contributed by atoms with Crippen LogP contribution in [-0.2, 0) is 0 Å². The monoisotopic (exact) mass is 163 g/mol. The molecule has 0 aliphatic carbocycles. The molecular weight excluding hydrogens is 150 g/mol. The third kappa shape index (κ3) is 3.23. The van der Waals surface area contributed by atoms with Gasteiger partial charge in [0.1, 0.15) is 0 Å². The molecule has 0 amide bonds. The molecule has 0 saturated heterocycles. The zero-order valence-corrected chi connectivity index (χ0v) is 7.27. The molecule has 0 atom stereocenters. The maximum absolute atomic E-state index is 4.02. The molecule has 0 aliphatic heterocycles. The molecule has 1 heterocycles. The molecule has 12 heavy (non-hydrogen) atoms. The van der Waals surface area contributed by atoms with Crippen molar-refractivity contribution in [3.8, 4) is 0 Å². The van der Waals surface area contributed by atoms with E-state index in [0.717, 1.165) is 6.42 Å². The highest BCUT2D eigenvalue weighted by molar-refractivity contribution is 5.37. The first-order valence-electron chi connectivity index (χ1n) is 4.23. The Labute approximate surface area is 72.6 Å². The number of hydrogen-bond donors (Lipinski definition) is 0. The zero-order valence-electron chi connectivity index (χ0n) is 7.27. The normalized spacial score (nSPS) is 10.8. The molecule has 1 aromatic rings. The molecule has 0 fully saturated rings. The largest absolute Gasteiger partial charge is 0.234 e. The number of aromatic nitrogens is 3. The Kier molecular flexibility index (Phi) is 3.98. The highest BCUT2D eigenvalue weighted by Gasteiger charge is 1.85. The van der Waals surface area contributed by atoms with Gasteiger partial charge in [-0.3, -0.25) is 0 Å². The average molecular weight is 163 g/mol. The zero-order chi connectivity index (χ0) is 8.65. The van der Waals surface area contributed by atoms with Crippen LogP contribution in [0.5, 0.6) is 0 Å². The van der Waals surface area contributed by atoms with Crippen molar-refractivity contribution < 1.29 is 0 Å². The van der Waals surface area contributed by atoms with E-state index in [1.807, 2.05) is 6.08 Å². The van der Waals surface area contributed by atoms with Gasteiger partial charge in [0.25, 0.3) is 0 Å². The van der Waals surface area contributed by atoms with Gasteiger partial charge in [-0.2, -0.15) is 5.10 Å². The summed E-state index contributed by atoms with van der Waals surface area (Å²) in [6, 6.07) is 0. The number of allylic oxidation sites excluding steroid dienone is 1. The molecule has 0 aromatic carbocycles. The van der Waals surface area contributed by atoms with Crippen LogP contribution in [0.15, 0.2) is 18.5 Å². The van der Waals surface area contributed by atoms with E-state index in [4.69, 9.17) is 0 Å². The lowest BCUT2D eigenvalue weighted by molar-refractivity contribution is 0.815. The smallest absolute Gasteiger partial charge is 0.174 e. The van der Waals surface area contributed by atoms with Gasteiger partial charge in [0.05, 0.1) is 6.20 Å². The number of nitrogens with zero attached hydrogens (tertiary/aromatic N) is 3. The predicted octanol–water partition coefficient (Wildman–Crippen LogP) is 2.07. The van der Waals surface area contributed by atoms with E-state index in [-0.39, 0.29) is 0 Å². The second-order valence-corrected chi connectivity index (χ2v) is 2.55. The lowest BCUT2D eigenvalue weighted by Gasteiger charge is -1.88. The van der Waals surface area contributed by atoms with Gasteiger partial charge in [-0.15, -0.1) is 5.10 Å². The first kappa shape index (κ1) is 8.84. The minimum absolute atomic E-state index is 0.689. The van der Waals surface area contributed by atoms with Gasteiger partial charge in [-0.1, -0.05) is 25.8 Å². The lowest BCUT2D eigenvalue weighted by atomic mass is 10.2. The van der Waals surface area contributed by atoms with Gasteiger partial charge in [0.2, 0.25) is 0 Å².